The molecule has 2 aromatic carbocycles. The third-order valence-electron chi connectivity index (χ3n) is 4.16. The van der Waals surface area contributed by atoms with Gasteiger partial charge in [-0.05, 0) is 43.7 Å². The molecule has 1 aromatic heterocycles. The van der Waals surface area contributed by atoms with Crippen LogP contribution in [0.3, 0.4) is 0 Å². The molecule has 0 aliphatic carbocycles. The number of nitrogens with zero attached hydrogens (tertiary/aromatic N) is 2. The van der Waals surface area contributed by atoms with Crippen LogP contribution >= 0.6 is 11.8 Å². The second-order valence-corrected chi connectivity index (χ2v) is 7.80. The van der Waals surface area contributed by atoms with E-state index < -0.39 is 28.8 Å². The predicted molar refractivity (Wildman–Crippen MR) is 108 cm³/mol. The molecule has 9 heteroatoms. The van der Waals surface area contributed by atoms with Crippen molar-refractivity contribution in [3.05, 3.63) is 71.7 Å². The Morgan fingerprint density at radius 3 is 2.40 bits per heavy atom. The number of thioether (sulfide) groups is 1. The maximum Gasteiger partial charge on any atom is 0.433 e. The van der Waals surface area contributed by atoms with Crippen LogP contribution in [0.1, 0.15) is 18.2 Å². The third kappa shape index (κ3) is 5.35. The summed E-state index contributed by atoms with van der Waals surface area (Å²) < 4.78 is 53.2. The molecule has 0 spiro atoms. The Kier molecular flexibility index (Phi) is 6.40. The fraction of sp³-hybridized carbons (Fsp3) is 0.190. The number of anilines is 1. The number of benzene rings is 2. The standard InChI is InChI=1S/C21H17F4N3OS/c1-12-10-15(22)8-9-16(12)26-19(29)13(2)30-20-27-17(14-6-4-3-5-7-14)11-18(28-20)21(23,24)25/h3-11,13H,1-2H3,(H,26,29). The summed E-state index contributed by atoms with van der Waals surface area (Å²) in [6.07, 6.45) is -4.65. The molecule has 30 heavy (non-hydrogen) atoms. The van der Waals surface area contributed by atoms with Crippen LogP contribution < -0.4 is 5.32 Å². The van der Waals surface area contributed by atoms with Crippen LogP contribution in [0, 0.1) is 12.7 Å². The van der Waals surface area contributed by atoms with E-state index in [9.17, 15) is 22.4 Å². The lowest BCUT2D eigenvalue weighted by molar-refractivity contribution is -0.141. The van der Waals surface area contributed by atoms with Gasteiger partial charge >= 0.3 is 6.18 Å². The minimum absolute atomic E-state index is 0.113. The molecule has 3 rings (SSSR count). The molecule has 156 valence electrons. The van der Waals surface area contributed by atoms with Crippen LogP contribution in [0.15, 0.2) is 59.8 Å². The van der Waals surface area contributed by atoms with Crippen molar-refractivity contribution in [2.24, 2.45) is 0 Å². The molecule has 0 aliphatic rings. The normalized spacial score (nSPS) is 12.5. The van der Waals surface area contributed by atoms with Crippen molar-refractivity contribution in [3.63, 3.8) is 0 Å². The average molecular weight is 435 g/mol. The zero-order chi connectivity index (χ0) is 21.9. The minimum Gasteiger partial charge on any atom is -0.325 e. The van der Waals surface area contributed by atoms with Gasteiger partial charge in [-0.25, -0.2) is 14.4 Å². The molecule has 1 N–H and O–H groups in total. The summed E-state index contributed by atoms with van der Waals surface area (Å²) in [6, 6.07) is 13.2. The lowest BCUT2D eigenvalue weighted by atomic mass is 10.1. The number of carbonyl (C=O) groups excluding carboxylic acids is 1. The first-order valence-electron chi connectivity index (χ1n) is 8.89. The van der Waals surface area contributed by atoms with Crippen LogP contribution in [-0.4, -0.2) is 21.1 Å². The molecule has 1 heterocycles. The molecule has 0 saturated carbocycles. The Morgan fingerprint density at radius 1 is 1.07 bits per heavy atom. The fourth-order valence-electron chi connectivity index (χ4n) is 2.59. The Balaban J connectivity index is 1.84. The molecular weight excluding hydrogens is 418 g/mol. The number of hydrogen-bond donors (Lipinski definition) is 1. The third-order valence-corrected chi connectivity index (χ3v) is 5.12. The van der Waals surface area contributed by atoms with E-state index in [4.69, 9.17) is 0 Å². The second-order valence-electron chi connectivity index (χ2n) is 6.49. The smallest absolute Gasteiger partial charge is 0.325 e. The number of alkyl halides is 3. The Labute approximate surface area is 174 Å². The van der Waals surface area contributed by atoms with Crippen LogP contribution in [-0.2, 0) is 11.0 Å². The molecule has 0 radical (unpaired) electrons. The first-order valence-corrected chi connectivity index (χ1v) is 9.77. The molecule has 3 aromatic rings. The van der Waals surface area contributed by atoms with Crippen molar-refractivity contribution < 1.29 is 22.4 Å². The van der Waals surface area contributed by atoms with Crippen molar-refractivity contribution in [2.45, 2.75) is 30.4 Å². The van der Waals surface area contributed by atoms with E-state index in [-0.39, 0.29) is 10.9 Å². The fourth-order valence-corrected chi connectivity index (χ4v) is 3.38. The summed E-state index contributed by atoms with van der Waals surface area (Å²) >= 11 is 0.811. The summed E-state index contributed by atoms with van der Waals surface area (Å²) in [5.74, 6) is -0.893. The molecule has 0 saturated heterocycles. The highest BCUT2D eigenvalue weighted by Crippen LogP contribution is 2.33. The zero-order valence-corrected chi connectivity index (χ0v) is 16.8. The topological polar surface area (TPSA) is 54.9 Å². The van der Waals surface area contributed by atoms with Crippen molar-refractivity contribution in [3.8, 4) is 11.3 Å². The highest BCUT2D eigenvalue weighted by molar-refractivity contribution is 8.00. The van der Waals surface area contributed by atoms with Gasteiger partial charge in [0.05, 0.1) is 10.9 Å². The number of rotatable bonds is 5. The van der Waals surface area contributed by atoms with E-state index in [1.165, 1.54) is 25.1 Å². The monoisotopic (exact) mass is 435 g/mol. The number of halogens is 4. The van der Waals surface area contributed by atoms with Gasteiger partial charge in [-0.3, -0.25) is 4.79 Å². The number of aryl methyl sites for hydroxylation is 1. The molecule has 1 amide bonds. The molecule has 1 atom stereocenters. The molecule has 1 unspecified atom stereocenters. The summed E-state index contributed by atoms with van der Waals surface area (Å²) in [5, 5.41) is 1.69. The first kappa shape index (κ1) is 21.8. The van der Waals surface area contributed by atoms with Crippen molar-refractivity contribution in [1.82, 2.24) is 9.97 Å². The Hall–Kier alpha value is -2.94. The number of carbonyl (C=O) groups is 1. The number of amides is 1. The van der Waals surface area contributed by atoms with E-state index in [1.807, 2.05) is 0 Å². The summed E-state index contributed by atoms with van der Waals surface area (Å²) in [7, 11) is 0. The van der Waals surface area contributed by atoms with Gasteiger partial charge in [0.1, 0.15) is 11.5 Å². The quantitative estimate of drug-likeness (QED) is 0.316. The minimum atomic E-state index is -4.65. The number of nitrogens with one attached hydrogen (secondary N) is 1. The maximum absolute atomic E-state index is 13.3. The highest BCUT2D eigenvalue weighted by Gasteiger charge is 2.34. The van der Waals surface area contributed by atoms with Crippen molar-refractivity contribution >= 4 is 23.4 Å². The number of aromatic nitrogens is 2. The van der Waals surface area contributed by atoms with E-state index in [1.54, 1.807) is 37.3 Å². The Morgan fingerprint density at radius 2 is 1.77 bits per heavy atom. The summed E-state index contributed by atoms with van der Waals surface area (Å²) in [5.41, 5.74) is 0.487. The lowest BCUT2D eigenvalue weighted by Crippen LogP contribution is -2.23. The van der Waals surface area contributed by atoms with Gasteiger partial charge in [0.15, 0.2) is 5.16 Å². The van der Waals surface area contributed by atoms with Gasteiger partial charge in [-0.15, -0.1) is 0 Å². The van der Waals surface area contributed by atoms with Gasteiger partial charge in [-0.1, -0.05) is 42.1 Å². The SMILES string of the molecule is Cc1cc(F)ccc1NC(=O)C(C)Sc1nc(-c2ccccc2)cc(C(F)(F)F)n1. The summed E-state index contributed by atoms with van der Waals surface area (Å²) in [6.45, 7) is 3.17. The van der Waals surface area contributed by atoms with Gasteiger partial charge in [0.2, 0.25) is 5.91 Å². The lowest BCUT2D eigenvalue weighted by Gasteiger charge is -2.15. The molecule has 0 aliphatic heterocycles. The van der Waals surface area contributed by atoms with E-state index in [0.717, 1.165) is 17.8 Å². The average Bonchev–Trinajstić information content (AvgIpc) is 2.69. The van der Waals surface area contributed by atoms with Gasteiger partial charge < -0.3 is 5.32 Å². The molecule has 4 nitrogen and oxygen atoms in total. The van der Waals surface area contributed by atoms with Crippen LogP contribution in [0.2, 0.25) is 0 Å². The van der Waals surface area contributed by atoms with E-state index in [2.05, 4.69) is 15.3 Å². The van der Waals surface area contributed by atoms with Crippen molar-refractivity contribution in [1.29, 1.82) is 0 Å². The zero-order valence-electron chi connectivity index (χ0n) is 16.0. The van der Waals surface area contributed by atoms with Crippen LogP contribution in [0.4, 0.5) is 23.2 Å². The summed E-state index contributed by atoms with van der Waals surface area (Å²) in [4.78, 5) is 20.3. The van der Waals surface area contributed by atoms with E-state index >= 15 is 0 Å². The van der Waals surface area contributed by atoms with E-state index in [0.29, 0.717) is 16.8 Å². The predicted octanol–water partition coefficient (Wildman–Crippen LogP) is 5.73. The second kappa shape index (κ2) is 8.83. The first-order chi connectivity index (χ1) is 14.1. The van der Waals surface area contributed by atoms with Gasteiger partial charge in [0, 0.05) is 11.3 Å². The van der Waals surface area contributed by atoms with Crippen LogP contribution in [0.5, 0.6) is 0 Å². The largest absolute Gasteiger partial charge is 0.433 e. The van der Waals surface area contributed by atoms with Crippen LogP contribution in [0.25, 0.3) is 11.3 Å². The number of hydrogen-bond acceptors (Lipinski definition) is 4. The van der Waals surface area contributed by atoms with Crippen molar-refractivity contribution in [2.75, 3.05) is 5.32 Å². The van der Waals surface area contributed by atoms with Gasteiger partial charge in [0.25, 0.3) is 0 Å². The Bertz CT molecular complexity index is 1060. The molecule has 0 bridgehead atoms. The highest BCUT2D eigenvalue weighted by atomic mass is 32.2. The molecule has 0 fully saturated rings. The van der Waals surface area contributed by atoms with Gasteiger partial charge in [-0.2, -0.15) is 13.2 Å². The molecular formula is C21H17F4N3OS. The maximum atomic E-state index is 13.3.